The summed E-state index contributed by atoms with van der Waals surface area (Å²) >= 11 is 6.89. The van der Waals surface area contributed by atoms with Crippen LogP contribution in [0.4, 0.5) is 5.69 Å². The number of hydrogen-bond donors (Lipinski definition) is 2. The van der Waals surface area contributed by atoms with Crippen molar-refractivity contribution in [3.63, 3.8) is 0 Å². The van der Waals surface area contributed by atoms with Crippen LogP contribution in [-0.4, -0.2) is 31.8 Å². The number of nitrogens with zero attached hydrogens (tertiary/aromatic N) is 1. The first-order valence-electron chi connectivity index (χ1n) is 8.20. The molecule has 6 nitrogen and oxygen atoms in total. The van der Waals surface area contributed by atoms with Gasteiger partial charge in [-0.25, -0.2) is 0 Å². The Hall–Kier alpha value is -2.03. The third-order valence-corrected chi connectivity index (χ3v) is 6.42. The highest BCUT2D eigenvalue weighted by molar-refractivity contribution is 8.15. The Bertz CT molecular complexity index is 989. The fourth-order valence-electron chi connectivity index (χ4n) is 2.51. The van der Waals surface area contributed by atoms with Crippen LogP contribution in [0.3, 0.4) is 0 Å². The Kier molecular flexibility index (Phi) is 6.08. The first-order valence-corrected chi connectivity index (χ1v) is 11.0. The SMILES string of the molecule is Cc1ccc2c(c1)NC(SCC(=O)NCCc1ccc(Cl)cc1)=NS2(=O)=O. The number of benzene rings is 2. The maximum Gasteiger partial charge on any atom is 0.286 e. The smallest absolute Gasteiger partial charge is 0.286 e. The van der Waals surface area contributed by atoms with Gasteiger partial charge in [0.1, 0.15) is 4.90 Å². The minimum Gasteiger partial charge on any atom is -0.355 e. The number of sulfonamides is 1. The molecule has 1 amide bonds. The number of carbonyl (C=O) groups excluding carboxylic acids is 1. The number of rotatable bonds is 5. The van der Waals surface area contributed by atoms with Crippen molar-refractivity contribution in [1.82, 2.24) is 5.32 Å². The zero-order valence-electron chi connectivity index (χ0n) is 14.5. The monoisotopic (exact) mass is 423 g/mol. The topological polar surface area (TPSA) is 87.6 Å². The second kappa shape index (κ2) is 8.33. The van der Waals surface area contributed by atoms with Gasteiger partial charge in [-0.3, -0.25) is 4.79 Å². The molecular formula is C18H18ClN3O3S2. The van der Waals surface area contributed by atoms with Crippen LogP contribution in [0.1, 0.15) is 11.1 Å². The lowest BCUT2D eigenvalue weighted by Crippen LogP contribution is -2.29. The summed E-state index contributed by atoms with van der Waals surface area (Å²) in [7, 11) is -3.75. The van der Waals surface area contributed by atoms with Gasteiger partial charge in [0, 0.05) is 11.6 Å². The molecule has 0 spiro atoms. The number of nitrogens with one attached hydrogen (secondary N) is 2. The molecule has 0 unspecified atom stereocenters. The molecule has 1 aliphatic rings. The van der Waals surface area contributed by atoms with E-state index < -0.39 is 10.0 Å². The van der Waals surface area contributed by atoms with E-state index in [2.05, 4.69) is 15.0 Å². The number of aryl methyl sites for hydroxylation is 1. The molecule has 1 heterocycles. The Balaban J connectivity index is 1.51. The van der Waals surface area contributed by atoms with E-state index in [0.29, 0.717) is 23.7 Å². The summed E-state index contributed by atoms with van der Waals surface area (Å²) in [5.74, 6) is -0.116. The highest BCUT2D eigenvalue weighted by Gasteiger charge is 2.25. The number of fused-ring (bicyclic) bond motifs is 1. The standard InChI is InChI=1S/C18H18ClN3O3S2/c1-12-2-7-16-15(10-12)21-18(22-27(16,24)25)26-11-17(23)20-9-8-13-3-5-14(19)6-4-13/h2-7,10H,8-9,11H2,1H3,(H,20,23)(H,21,22). The van der Waals surface area contributed by atoms with Crippen LogP contribution >= 0.6 is 23.4 Å². The number of amidine groups is 1. The predicted octanol–water partition coefficient (Wildman–Crippen LogP) is 3.21. The summed E-state index contributed by atoms with van der Waals surface area (Å²) in [6, 6.07) is 12.4. The summed E-state index contributed by atoms with van der Waals surface area (Å²) < 4.78 is 28.2. The average molecular weight is 424 g/mol. The van der Waals surface area contributed by atoms with Gasteiger partial charge in [-0.1, -0.05) is 41.6 Å². The van der Waals surface area contributed by atoms with Crippen molar-refractivity contribution in [2.24, 2.45) is 4.40 Å². The van der Waals surface area contributed by atoms with Crippen molar-refractivity contribution in [3.8, 4) is 0 Å². The van der Waals surface area contributed by atoms with Crippen molar-refractivity contribution in [1.29, 1.82) is 0 Å². The van der Waals surface area contributed by atoms with Crippen molar-refractivity contribution >= 4 is 50.1 Å². The second-order valence-electron chi connectivity index (χ2n) is 6.01. The fraction of sp³-hybridized carbons (Fsp3) is 0.222. The highest BCUT2D eigenvalue weighted by Crippen LogP contribution is 2.30. The number of hydrogen-bond acceptors (Lipinski definition) is 5. The van der Waals surface area contributed by atoms with Crippen LogP contribution < -0.4 is 10.6 Å². The molecule has 27 heavy (non-hydrogen) atoms. The molecule has 0 aromatic heterocycles. The van der Waals surface area contributed by atoms with Crippen LogP contribution in [0.2, 0.25) is 5.02 Å². The zero-order chi connectivity index (χ0) is 19.4. The highest BCUT2D eigenvalue weighted by atomic mass is 35.5. The molecule has 142 valence electrons. The Morgan fingerprint density at radius 3 is 2.70 bits per heavy atom. The van der Waals surface area contributed by atoms with E-state index in [9.17, 15) is 13.2 Å². The molecule has 0 saturated heterocycles. The number of halogens is 1. The molecule has 2 N–H and O–H groups in total. The van der Waals surface area contributed by atoms with Gasteiger partial charge in [0.2, 0.25) is 5.91 Å². The van der Waals surface area contributed by atoms with E-state index >= 15 is 0 Å². The van der Waals surface area contributed by atoms with Crippen molar-refractivity contribution in [2.45, 2.75) is 18.2 Å². The lowest BCUT2D eigenvalue weighted by molar-refractivity contribution is -0.118. The van der Waals surface area contributed by atoms with Crippen LogP contribution in [0.5, 0.6) is 0 Å². The quantitative estimate of drug-likeness (QED) is 0.770. The van der Waals surface area contributed by atoms with E-state index in [0.717, 1.165) is 22.9 Å². The molecule has 0 radical (unpaired) electrons. The molecule has 2 aromatic carbocycles. The van der Waals surface area contributed by atoms with Gasteiger partial charge in [-0.2, -0.15) is 8.42 Å². The van der Waals surface area contributed by atoms with Crippen molar-refractivity contribution < 1.29 is 13.2 Å². The molecule has 0 fully saturated rings. The van der Waals surface area contributed by atoms with E-state index in [1.807, 2.05) is 19.1 Å². The van der Waals surface area contributed by atoms with Gasteiger partial charge in [-0.15, -0.1) is 4.40 Å². The molecule has 9 heteroatoms. The third-order valence-electron chi connectivity index (χ3n) is 3.85. The molecule has 0 bridgehead atoms. The number of anilines is 1. The summed E-state index contributed by atoms with van der Waals surface area (Å²) in [6.45, 7) is 2.36. The molecule has 1 aliphatic heterocycles. The van der Waals surface area contributed by atoms with Gasteiger partial charge in [0.15, 0.2) is 5.17 Å². The molecule has 0 saturated carbocycles. The van der Waals surface area contributed by atoms with E-state index in [1.165, 1.54) is 6.07 Å². The lowest BCUT2D eigenvalue weighted by Gasteiger charge is -2.18. The van der Waals surface area contributed by atoms with Crippen LogP contribution in [0.15, 0.2) is 51.8 Å². The molecule has 3 rings (SSSR count). The minimum absolute atomic E-state index is 0.0725. The Morgan fingerprint density at radius 2 is 1.96 bits per heavy atom. The summed E-state index contributed by atoms with van der Waals surface area (Å²) in [6.07, 6.45) is 0.688. The lowest BCUT2D eigenvalue weighted by atomic mass is 10.1. The Morgan fingerprint density at radius 1 is 1.22 bits per heavy atom. The van der Waals surface area contributed by atoms with Crippen LogP contribution in [-0.2, 0) is 21.2 Å². The van der Waals surface area contributed by atoms with Gasteiger partial charge in [0.25, 0.3) is 10.0 Å². The number of carbonyl (C=O) groups is 1. The van der Waals surface area contributed by atoms with Gasteiger partial charge >= 0.3 is 0 Å². The predicted molar refractivity (Wildman–Crippen MR) is 110 cm³/mol. The largest absolute Gasteiger partial charge is 0.355 e. The number of amides is 1. The second-order valence-corrected chi connectivity index (χ2v) is 8.98. The van der Waals surface area contributed by atoms with Gasteiger partial charge in [0.05, 0.1) is 11.4 Å². The van der Waals surface area contributed by atoms with E-state index in [4.69, 9.17) is 11.6 Å². The average Bonchev–Trinajstić information content (AvgIpc) is 2.60. The number of thioether (sulfide) groups is 1. The van der Waals surface area contributed by atoms with Crippen molar-refractivity contribution in [2.75, 3.05) is 17.6 Å². The first kappa shape index (κ1) is 19.7. The zero-order valence-corrected chi connectivity index (χ0v) is 16.9. The summed E-state index contributed by atoms with van der Waals surface area (Å²) in [4.78, 5) is 12.1. The molecule has 0 atom stereocenters. The van der Waals surface area contributed by atoms with Gasteiger partial charge < -0.3 is 10.6 Å². The molecular weight excluding hydrogens is 406 g/mol. The van der Waals surface area contributed by atoms with E-state index in [1.54, 1.807) is 24.3 Å². The van der Waals surface area contributed by atoms with Gasteiger partial charge in [-0.05, 0) is 48.7 Å². The first-order chi connectivity index (χ1) is 12.8. The Labute approximate surface area is 167 Å². The normalized spacial score (nSPS) is 14.7. The molecule has 0 aliphatic carbocycles. The maximum absolute atomic E-state index is 12.2. The summed E-state index contributed by atoms with van der Waals surface area (Å²) in [5.41, 5.74) is 2.49. The van der Waals surface area contributed by atoms with Crippen LogP contribution in [0.25, 0.3) is 0 Å². The van der Waals surface area contributed by atoms with Crippen LogP contribution in [0, 0.1) is 6.92 Å². The van der Waals surface area contributed by atoms with E-state index in [-0.39, 0.29) is 21.7 Å². The summed E-state index contributed by atoms with van der Waals surface area (Å²) in [5, 5.41) is 6.65. The fourth-order valence-corrected chi connectivity index (χ4v) is 4.68. The molecule has 2 aromatic rings. The maximum atomic E-state index is 12.2. The minimum atomic E-state index is -3.75. The third kappa shape index (κ3) is 5.24. The van der Waals surface area contributed by atoms with Crippen molar-refractivity contribution in [3.05, 3.63) is 58.6 Å².